The second-order valence-electron chi connectivity index (χ2n) is 4.65. The Bertz CT molecular complexity index is 474. The molecule has 2 aromatic rings. The molecule has 0 heterocycles. The maximum absolute atomic E-state index is 3.52. The summed E-state index contributed by atoms with van der Waals surface area (Å²) >= 11 is 0. The Morgan fingerprint density at radius 2 is 1.56 bits per heavy atom. The maximum atomic E-state index is 3.52. The Balaban J connectivity index is 2.32. The summed E-state index contributed by atoms with van der Waals surface area (Å²) in [7, 11) is 0. The molecule has 0 aliphatic carbocycles. The van der Waals surface area contributed by atoms with Crippen molar-refractivity contribution in [3.8, 4) is 0 Å². The standard InChI is InChI=1S/C15H19N/c1-11(2)16-12(3)14-9-8-13-6-4-5-7-15(13)10-14/h4-12,16H,1-3H3/t12-/m0/s1. The van der Waals surface area contributed by atoms with Crippen LogP contribution in [0, 0.1) is 0 Å². The van der Waals surface area contributed by atoms with Gasteiger partial charge in [-0.05, 0) is 29.3 Å². The minimum Gasteiger partial charge on any atom is -0.308 e. The summed E-state index contributed by atoms with van der Waals surface area (Å²) in [4.78, 5) is 0. The van der Waals surface area contributed by atoms with Crippen molar-refractivity contribution in [2.75, 3.05) is 0 Å². The van der Waals surface area contributed by atoms with Crippen LogP contribution in [0.1, 0.15) is 32.4 Å². The van der Waals surface area contributed by atoms with Gasteiger partial charge in [0.2, 0.25) is 0 Å². The zero-order chi connectivity index (χ0) is 11.5. The van der Waals surface area contributed by atoms with E-state index in [0.29, 0.717) is 12.1 Å². The lowest BCUT2D eigenvalue weighted by molar-refractivity contribution is 0.506. The first kappa shape index (κ1) is 11.2. The average Bonchev–Trinajstić information content (AvgIpc) is 2.27. The molecule has 0 saturated heterocycles. The fourth-order valence-corrected chi connectivity index (χ4v) is 2.07. The molecular weight excluding hydrogens is 194 g/mol. The summed E-state index contributed by atoms with van der Waals surface area (Å²) in [6.45, 7) is 6.57. The molecule has 1 N–H and O–H groups in total. The molecule has 0 amide bonds. The number of hydrogen-bond donors (Lipinski definition) is 1. The van der Waals surface area contributed by atoms with Gasteiger partial charge in [-0.3, -0.25) is 0 Å². The molecule has 0 aromatic heterocycles. The highest BCUT2D eigenvalue weighted by Gasteiger charge is 2.06. The van der Waals surface area contributed by atoms with Gasteiger partial charge in [0.25, 0.3) is 0 Å². The van der Waals surface area contributed by atoms with E-state index in [4.69, 9.17) is 0 Å². The van der Waals surface area contributed by atoms with Gasteiger partial charge in [-0.2, -0.15) is 0 Å². The molecule has 0 unspecified atom stereocenters. The Hall–Kier alpha value is -1.34. The highest BCUT2D eigenvalue weighted by Crippen LogP contribution is 2.20. The predicted octanol–water partition coefficient (Wildman–Crippen LogP) is 3.90. The van der Waals surface area contributed by atoms with E-state index in [2.05, 4.69) is 68.6 Å². The van der Waals surface area contributed by atoms with Crippen LogP contribution < -0.4 is 5.32 Å². The van der Waals surface area contributed by atoms with Crippen molar-refractivity contribution < 1.29 is 0 Å². The van der Waals surface area contributed by atoms with Crippen LogP contribution in [0.5, 0.6) is 0 Å². The van der Waals surface area contributed by atoms with Gasteiger partial charge in [0.1, 0.15) is 0 Å². The Morgan fingerprint density at radius 3 is 2.25 bits per heavy atom. The molecule has 1 atom stereocenters. The largest absolute Gasteiger partial charge is 0.308 e. The fraction of sp³-hybridized carbons (Fsp3) is 0.333. The summed E-state index contributed by atoms with van der Waals surface area (Å²) in [5.41, 5.74) is 1.35. The highest BCUT2D eigenvalue weighted by molar-refractivity contribution is 5.83. The molecular formula is C15H19N. The van der Waals surface area contributed by atoms with Gasteiger partial charge in [0.15, 0.2) is 0 Å². The molecule has 1 nitrogen and oxygen atoms in total. The molecule has 0 radical (unpaired) electrons. The number of nitrogens with one attached hydrogen (secondary N) is 1. The van der Waals surface area contributed by atoms with Crippen molar-refractivity contribution in [1.82, 2.24) is 5.32 Å². The van der Waals surface area contributed by atoms with Crippen molar-refractivity contribution in [3.05, 3.63) is 48.0 Å². The summed E-state index contributed by atoms with van der Waals surface area (Å²) in [5.74, 6) is 0. The number of hydrogen-bond acceptors (Lipinski definition) is 1. The van der Waals surface area contributed by atoms with Crippen LogP contribution in [0.2, 0.25) is 0 Å². The zero-order valence-corrected chi connectivity index (χ0v) is 10.2. The van der Waals surface area contributed by atoms with Crippen molar-refractivity contribution in [2.45, 2.75) is 32.9 Å². The second-order valence-corrected chi connectivity index (χ2v) is 4.65. The van der Waals surface area contributed by atoms with E-state index in [1.807, 2.05) is 0 Å². The molecule has 0 fully saturated rings. The van der Waals surface area contributed by atoms with Crippen molar-refractivity contribution in [2.24, 2.45) is 0 Å². The Morgan fingerprint density at radius 1 is 0.875 bits per heavy atom. The zero-order valence-electron chi connectivity index (χ0n) is 10.2. The van der Waals surface area contributed by atoms with E-state index >= 15 is 0 Å². The molecule has 0 spiro atoms. The minimum atomic E-state index is 0.407. The molecule has 16 heavy (non-hydrogen) atoms. The van der Waals surface area contributed by atoms with Gasteiger partial charge < -0.3 is 5.32 Å². The first-order chi connectivity index (χ1) is 7.66. The first-order valence-corrected chi connectivity index (χ1v) is 5.91. The molecule has 0 aliphatic heterocycles. The van der Waals surface area contributed by atoms with Crippen molar-refractivity contribution >= 4 is 10.8 Å². The van der Waals surface area contributed by atoms with Gasteiger partial charge >= 0.3 is 0 Å². The molecule has 0 aliphatic rings. The SMILES string of the molecule is CC(C)N[C@@H](C)c1ccc2ccccc2c1. The highest BCUT2D eigenvalue weighted by atomic mass is 14.9. The summed E-state index contributed by atoms with van der Waals surface area (Å²) in [6.07, 6.45) is 0. The lowest BCUT2D eigenvalue weighted by Crippen LogP contribution is -2.25. The first-order valence-electron chi connectivity index (χ1n) is 5.91. The van der Waals surface area contributed by atoms with Crippen LogP contribution in [0.15, 0.2) is 42.5 Å². The van der Waals surface area contributed by atoms with E-state index < -0.39 is 0 Å². The van der Waals surface area contributed by atoms with Crippen molar-refractivity contribution in [1.29, 1.82) is 0 Å². The van der Waals surface area contributed by atoms with Crippen LogP contribution in [-0.4, -0.2) is 6.04 Å². The summed E-state index contributed by atoms with van der Waals surface area (Å²) < 4.78 is 0. The van der Waals surface area contributed by atoms with E-state index in [-0.39, 0.29) is 0 Å². The van der Waals surface area contributed by atoms with Crippen LogP contribution in [0.25, 0.3) is 10.8 Å². The van der Waals surface area contributed by atoms with E-state index in [9.17, 15) is 0 Å². The third kappa shape index (κ3) is 2.42. The second kappa shape index (κ2) is 4.67. The Labute approximate surface area is 97.5 Å². The van der Waals surface area contributed by atoms with Gasteiger partial charge in [-0.1, -0.05) is 50.2 Å². The third-order valence-electron chi connectivity index (χ3n) is 2.86. The monoisotopic (exact) mass is 213 g/mol. The smallest absolute Gasteiger partial charge is 0.0294 e. The normalized spacial score (nSPS) is 13.2. The van der Waals surface area contributed by atoms with Crippen LogP contribution in [-0.2, 0) is 0 Å². The molecule has 2 aromatic carbocycles. The molecule has 0 saturated carbocycles. The lowest BCUT2D eigenvalue weighted by atomic mass is 10.0. The molecule has 2 rings (SSSR count). The fourth-order valence-electron chi connectivity index (χ4n) is 2.07. The predicted molar refractivity (Wildman–Crippen MR) is 70.6 cm³/mol. The van der Waals surface area contributed by atoms with Crippen molar-refractivity contribution in [3.63, 3.8) is 0 Å². The minimum absolute atomic E-state index is 0.407. The number of rotatable bonds is 3. The molecule has 84 valence electrons. The average molecular weight is 213 g/mol. The van der Waals surface area contributed by atoms with Crippen LogP contribution in [0.4, 0.5) is 0 Å². The third-order valence-corrected chi connectivity index (χ3v) is 2.86. The van der Waals surface area contributed by atoms with Gasteiger partial charge in [-0.15, -0.1) is 0 Å². The summed E-state index contributed by atoms with van der Waals surface area (Å²) in [5, 5.41) is 6.15. The van der Waals surface area contributed by atoms with Crippen LogP contribution >= 0.6 is 0 Å². The maximum Gasteiger partial charge on any atom is 0.0294 e. The number of fused-ring (bicyclic) bond motifs is 1. The molecule has 1 heteroatoms. The molecule has 0 bridgehead atoms. The quantitative estimate of drug-likeness (QED) is 0.815. The van der Waals surface area contributed by atoms with Gasteiger partial charge in [0, 0.05) is 12.1 Å². The van der Waals surface area contributed by atoms with E-state index in [0.717, 1.165) is 0 Å². The van der Waals surface area contributed by atoms with Crippen LogP contribution in [0.3, 0.4) is 0 Å². The lowest BCUT2D eigenvalue weighted by Gasteiger charge is -2.17. The number of benzene rings is 2. The summed E-state index contributed by atoms with van der Waals surface area (Å²) in [6, 6.07) is 16.1. The Kier molecular flexibility index (Phi) is 3.25. The topological polar surface area (TPSA) is 12.0 Å². The van der Waals surface area contributed by atoms with E-state index in [1.165, 1.54) is 16.3 Å². The van der Waals surface area contributed by atoms with E-state index in [1.54, 1.807) is 0 Å². The van der Waals surface area contributed by atoms with Gasteiger partial charge in [-0.25, -0.2) is 0 Å². The van der Waals surface area contributed by atoms with Gasteiger partial charge in [0.05, 0.1) is 0 Å².